The number of hydrogen-bond acceptors (Lipinski definition) is 4. The van der Waals surface area contributed by atoms with Crippen LogP contribution in [0.25, 0.3) is 0 Å². The highest BCUT2D eigenvalue weighted by Gasteiger charge is 2.10. The van der Waals surface area contributed by atoms with E-state index in [0.29, 0.717) is 0 Å². The Kier molecular flexibility index (Phi) is 5.48. The summed E-state index contributed by atoms with van der Waals surface area (Å²) in [4.78, 5) is 10.4. The van der Waals surface area contributed by atoms with Crippen LogP contribution in [0.1, 0.15) is 41.4 Å². The molecular weight excluding hydrogens is 254 g/mol. The van der Waals surface area contributed by atoms with Crippen molar-refractivity contribution in [2.24, 2.45) is 0 Å². The van der Waals surface area contributed by atoms with Crippen molar-refractivity contribution in [3.05, 3.63) is 45.7 Å². The van der Waals surface area contributed by atoms with Crippen LogP contribution < -0.4 is 5.32 Å². The highest BCUT2D eigenvalue weighted by molar-refractivity contribution is 7.11. The van der Waals surface area contributed by atoms with Crippen molar-refractivity contribution in [3.63, 3.8) is 0 Å². The van der Waals surface area contributed by atoms with Gasteiger partial charge in [0.15, 0.2) is 0 Å². The molecule has 0 saturated carbocycles. The highest BCUT2D eigenvalue weighted by atomic mass is 32.1. The van der Waals surface area contributed by atoms with E-state index in [2.05, 4.69) is 30.2 Å². The smallest absolute Gasteiger partial charge is 0.0976 e. The molecule has 0 aliphatic heterocycles. The largest absolute Gasteiger partial charge is 0.312 e. The van der Waals surface area contributed by atoms with Crippen molar-refractivity contribution in [2.75, 3.05) is 6.54 Å². The summed E-state index contributed by atoms with van der Waals surface area (Å²) in [5, 5.41) is 4.60. The lowest BCUT2D eigenvalue weighted by molar-refractivity contribution is 0.723. The highest BCUT2D eigenvalue weighted by Crippen LogP contribution is 2.22. The predicted octanol–water partition coefficient (Wildman–Crippen LogP) is 3.19. The van der Waals surface area contributed by atoms with E-state index in [4.69, 9.17) is 4.98 Å². The third-order valence-electron chi connectivity index (χ3n) is 2.92. The van der Waals surface area contributed by atoms with Crippen LogP contribution in [-0.4, -0.2) is 16.5 Å². The number of rotatable bonds is 7. The molecule has 0 unspecified atom stereocenters. The standard InChI is InChI=1S/C15H21N3S/c1-3-6-13-14(11-16-4-2)19-15(18-13)9-12-7-5-8-17-10-12/h5,7-8,10,16H,3-4,6,9,11H2,1-2H3. The summed E-state index contributed by atoms with van der Waals surface area (Å²) in [5.74, 6) is 0. The lowest BCUT2D eigenvalue weighted by Crippen LogP contribution is -2.11. The van der Waals surface area contributed by atoms with E-state index in [-0.39, 0.29) is 0 Å². The monoisotopic (exact) mass is 275 g/mol. The van der Waals surface area contributed by atoms with Crippen LogP contribution in [0.5, 0.6) is 0 Å². The summed E-state index contributed by atoms with van der Waals surface area (Å²) in [6, 6.07) is 4.09. The zero-order valence-electron chi connectivity index (χ0n) is 11.6. The summed E-state index contributed by atoms with van der Waals surface area (Å²) in [6.07, 6.45) is 6.84. The summed E-state index contributed by atoms with van der Waals surface area (Å²) >= 11 is 1.83. The van der Waals surface area contributed by atoms with Gasteiger partial charge in [0.05, 0.1) is 10.7 Å². The van der Waals surface area contributed by atoms with Gasteiger partial charge in [-0.05, 0) is 24.6 Å². The summed E-state index contributed by atoms with van der Waals surface area (Å²) in [7, 11) is 0. The Labute approximate surface area is 119 Å². The minimum Gasteiger partial charge on any atom is -0.312 e. The number of hydrogen-bond donors (Lipinski definition) is 1. The molecule has 0 radical (unpaired) electrons. The van der Waals surface area contributed by atoms with Crippen molar-refractivity contribution in [1.29, 1.82) is 0 Å². The van der Waals surface area contributed by atoms with E-state index in [1.54, 1.807) is 0 Å². The Balaban J connectivity index is 2.12. The van der Waals surface area contributed by atoms with E-state index < -0.39 is 0 Å². The molecule has 2 aromatic rings. The summed E-state index contributed by atoms with van der Waals surface area (Å²) in [5.41, 5.74) is 2.50. The number of thiazole rings is 1. The second kappa shape index (κ2) is 7.36. The molecule has 1 N–H and O–H groups in total. The molecule has 4 heteroatoms. The van der Waals surface area contributed by atoms with Crippen LogP contribution in [0.15, 0.2) is 24.5 Å². The molecule has 2 aromatic heterocycles. The third kappa shape index (κ3) is 4.11. The van der Waals surface area contributed by atoms with E-state index in [0.717, 1.165) is 32.4 Å². The molecule has 0 spiro atoms. The molecule has 0 fully saturated rings. The summed E-state index contributed by atoms with van der Waals surface area (Å²) in [6.45, 7) is 6.28. The maximum Gasteiger partial charge on any atom is 0.0976 e. The van der Waals surface area contributed by atoms with Crippen molar-refractivity contribution in [2.45, 2.75) is 39.7 Å². The molecule has 2 heterocycles. The van der Waals surface area contributed by atoms with Crippen LogP contribution in [0.4, 0.5) is 0 Å². The van der Waals surface area contributed by atoms with Gasteiger partial charge in [0.25, 0.3) is 0 Å². The van der Waals surface area contributed by atoms with Gasteiger partial charge in [0, 0.05) is 30.2 Å². The van der Waals surface area contributed by atoms with Crippen molar-refractivity contribution < 1.29 is 0 Å². The van der Waals surface area contributed by atoms with Crippen molar-refractivity contribution >= 4 is 11.3 Å². The molecule has 0 atom stereocenters. The fourth-order valence-corrected chi connectivity index (χ4v) is 3.12. The molecule has 3 nitrogen and oxygen atoms in total. The van der Waals surface area contributed by atoms with E-state index in [9.17, 15) is 0 Å². The number of aryl methyl sites for hydroxylation is 1. The Hall–Kier alpha value is -1.26. The molecule has 102 valence electrons. The van der Waals surface area contributed by atoms with Gasteiger partial charge in [-0.25, -0.2) is 4.98 Å². The van der Waals surface area contributed by atoms with Crippen LogP contribution in [-0.2, 0) is 19.4 Å². The molecule has 0 aliphatic rings. The van der Waals surface area contributed by atoms with Gasteiger partial charge in [-0.2, -0.15) is 0 Å². The van der Waals surface area contributed by atoms with Gasteiger partial charge in [0.1, 0.15) is 0 Å². The van der Waals surface area contributed by atoms with Crippen LogP contribution in [0.3, 0.4) is 0 Å². The first-order valence-corrected chi connectivity index (χ1v) is 7.72. The Bertz CT molecular complexity index is 493. The maximum absolute atomic E-state index is 4.80. The molecule has 19 heavy (non-hydrogen) atoms. The van der Waals surface area contributed by atoms with E-state index >= 15 is 0 Å². The van der Waals surface area contributed by atoms with Gasteiger partial charge in [0.2, 0.25) is 0 Å². The number of pyridine rings is 1. The van der Waals surface area contributed by atoms with Gasteiger partial charge < -0.3 is 5.32 Å². The van der Waals surface area contributed by atoms with Crippen molar-refractivity contribution in [1.82, 2.24) is 15.3 Å². The van der Waals surface area contributed by atoms with Gasteiger partial charge >= 0.3 is 0 Å². The first-order valence-electron chi connectivity index (χ1n) is 6.90. The zero-order chi connectivity index (χ0) is 13.5. The third-order valence-corrected chi connectivity index (χ3v) is 4.02. The zero-order valence-corrected chi connectivity index (χ0v) is 12.5. The SMILES string of the molecule is CCCc1nc(Cc2cccnc2)sc1CNCC. The van der Waals surface area contributed by atoms with Crippen LogP contribution in [0.2, 0.25) is 0 Å². The first kappa shape index (κ1) is 14.2. The van der Waals surface area contributed by atoms with Gasteiger partial charge in [-0.1, -0.05) is 26.3 Å². The minimum atomic E-state index is 0.890. The Morgan fingerprint density at radius 3 is 2.89 bits per heavy atom. The Morgan fingerprint density at radius 2 is 2.21 bits per heavy atom. The normalized spacial score (nSPS) is 10.8. The molecular formula is C15H21N3S. The lowest BCUT2D eigenvalue weighted by Gasteiger charge is -2.00. The molecule has 2 rings (SSSR count). The number of aromatic nitrogens is 2. The van der Waals surface area contributed by atoms with Gasteiger partial charge in [-0.15, -0.1) is 11.3 Å². The topological polar surface area (TPSA) is 37.8 Å². The predicted molar refractivity (Wildman–Crippen MR) is 80.5 cm³/mol. The van der Waals surface area contributed by atoms with Crippen LogP contribution in [0, 0.1) is 0 Å². The fraction of sp³-hybridized carbons (Fsp3) is 0.467. The Morgan fingerprint density at radius 1 is 1.32 bits per heavy atom. The molecule has 0 bridgehead atoms. The molecule has 0 saturated heterocycles. The van der Waals surface area contributed by atoms with E-state index in [1.165, 1.54) is 21.1 Å². The summed E-state index contributed by atoms with van der Waals surface area (Å²) < 4.78 is 0. The maximum atomic E-state index is 4.80. The minimum absolute atomic E-state index is 0.890. The van der Waals surface area contributed by atoms with Gasteiger partial charge in [-0.3, -0.25) is 4.98 Å². The van der Waals surface area contributed by atoms with E-state index in [1.807, 2.05) is 29.8 Å². The van der Waals surface area contributed by atoms with Crippen LogP contribution >= 0.6 is 11.3 Å². The second-order valence-electron chi connectivity index (χ2n) is 4.55. The second-order valence-corrected chi connectivity index (χ2v) is 5.71. The molecule has 0 amide bonds. The lowest BCUT2D eigenvalue weighted by atomic mass is 10.2. The average Bonchev–Trinajstić information content (AvgIpc) is 2.80. The fourth-order valence-electron chi connectivity index (χ4n) is 2.00. The quantitative estimate of drug-likeness (QED) is 0.843. The average molecular weight is 275 g/mol. The number of nitrogens with one attached hydrogen (secondary N) is 1. The number of nitrogens with zero attached hydrogens (tertiary/aromatic N) is 2. The first-order chi connectivity index (χ1) is 9.33. The molecule has 0 aromatic carbocycles. The molecule has 0 aliphatic carbocycles. The van der Waals surface area contributed by atoms with Crippen molar-refractivity contribution in [3.8, 4) is 0 Å².